The average molecular weight is 293 g/mol. The maximum atomic E-state index is 12.6. The normalized spacial score (nSPS) is 24.3. The summed E-state index contributed by atoms with van der Waals surface area (Å²) >= 11 is 0. The maximum Gasteiger partial charge on any atom is 0.243 e. The van der Waals surface area contributed by atoms with E-state index in [4.69, 9.17) is 11.0 Å². The van der Waals surface area contributed by atoms with Crippen molar-refractivity contribution in [3.63, 3.8) is 0 Å². The standard InChI is InChI=1S/C14H19N3O2S/c1-10-5-6-17(9-13(10)16)20(18,19)14-4-3-12(8-15)7-11(14)2/h3-4,7,10,13H,5-6,9,16H2,1-2H3. The molecular formula is C14H19N3O2S. The van der Waals surface area contributed by atoms with Crippen molar-refractivity contribution in [3.8, 4) is 6.07 Å². The summed E-state index contributed by atoms with van der Waals surface area (Å²) in [6.45, 7) is 4.60. The number of aryl methyl sites for hydroxylation is 1. The highest BCUT2D eigenvalue weighted by Gasteiger charge is 2.32. The molecule has 6 heteroatoms. The first-order chi connectivity index (χ1) is 9.36. The summed E-state index contributed by atoms with van der Waals surface area (Å²) in [6.07, 6.45) is 0.774. The van der Waals surface area contributed by atoms with Crippen LogP contribution in [0.5, 0.6) is 0 Å². The lowest BCUT2D eigenvalue weighted by Crippen LogP contribution is -2.49. The monoisotopic (exact) mass is 293 g/mol. The number of nitrogens with zero attached hydrogens (tertiary/aromatic N) is 2. The molecule has 20 heavy (non-hydrogen) atoms. The van der Waals surface area contributed by atoms with Crippen LogP contribution in [0.4, 0.5) is 0 Å². The predicted octanol–water partition coefficient (Wildman–Crippen LogP) is 1.22. The van der Waals surface area contributed by atoms with E-state index in [1.165, 1.54) is 16.4 Å². The molecule has 0 saturated carbocycles. The number of hydrogen-bond donors (Lipinski definition) is 1. The molecule has 2 atom stereocenters. The van der Waals surface area contributed by atoms with E-state index in [1.807, 2.05) is 13.0 Å². The van der Waals surface area contributed by atoms with E-state index in [9.17, 15) is 8.42 Å². The number of benzene rings is 1. The van der Waals surface area contributed by atoms with Gasteiger partial charge < -0.3 is 5.73 Å². The first kappa shape index (κ1) is 15.0. The van der Waals surface area contributed by atoms with Crippen LogP contribution in [0.25, 0.3) is 0 Å². The summed E-state index contributed by atoms with van der Waals surface area (Å²) in [5.41, 5.74) is 7.04. The summed E-state index contributed by atoms with van der Waals surface area (Å²) in [4.78, 5) is 0.262. The lowest BCUT2D eigenvalue weighted by Gasteiger charge is -2.34. The fourth-order valence-corrected chi connectivity index (χ4v) is 4.13. The summed E-state index contributed by atoms with van der Waals surface area (Å²) in [5.74, 6) is 0.337. The average Bonchev–Trinajstić information content (AvgIpc) is 2.41. The summed E-state index contributed by atoms with van der Waals surface area (Å²) in [6, 6.07) is 6.52. The van der Waals surface area contributed by atoms with E-state index in [2.05, 4.69) is 0 Å². The molecular weight excluding hydrogens is 274 g/mol. The van der Waals surface area contributed by atoms with Gasteiger partial charge in [0.25, 0.3) is 0 Å². The van der Waals surface area contributed by atoms with Crippen LogP contribution < -0.4 is 5.73 Å². The van der Waals surface area contributed by atoms with Crippen LogP contribution >= 0.6 is 0 Å². The van der Waals surface area contributed by atoms with Crippen LogP contribution in [-0.4, -0.2) is 31.9 Å². The largest absolute Gasteiger partial charge is 0.326 e. The van der Waals surface area contributed by atoms with E-state index in [0.29, 0.717) is 30.1 Å². The Morgan fingerprint density at radius 1 is 1.45 bits per heavy atom. The van der Waals surface area contributed by atoms with Gasteiger partial charge in [-0.3, -0.25) is 0 Å². The van der Waals surface area contributed by atoms with Crippen LogP contribution in [0.3, 0.4) is 0 Å². The molecule has 2 unspecified atom stereocenters. The molecule has 1 saturated heterocycles. The third-order valence-corrected chi connectivity index (χ3v) is 5.93. The van der Waals surface area contributed by atoms with E-state index in [0.717, 1.165) is 6.42 Å². The van der Waals surface area contributed by atoms with Crippen molar-refractivity contribution in [3.05, 3.63) is 29.3 Å². The first-order valence-electron chi connectivity index (χ1n) is 6.62. The second-order valence-electron chi connectivity index (χ2n) is 5.38. The van der Waals surface area contributed by atoms with E-state index in [1.54, 1.807) is 13.0 Å². The highest BCUT2D eigenvalue weighted by atomic mass is 32.2. The zero-order chi connectivity index (χ0) is 14.9. The van der Waals surface area contributed by atoms with Gasteiger partial charge in [0.1, 0.15) is 0 Å². The molecule has 1 aromatic carbocycles. The summed E-state index contributed by atoms with van der Waals surface area (Å²) in [7, 11) is -3.53. The van der Waals surface area contributed by atoms with Crippen LogP contribution in [0.15, 0.2) is 23.1 Å². The molecule has 0 spiro atoms. The van der Waals surface area contributed by atoms with E-state index < -0.39 is 10.0 Å². The molecule has 0 aliphatic carbocycles. The van der Waals surface area contributed by atoms with Gasteiger partial charge >= 0.3 is 0 Å². The van der Waals surface area contributed by atoms with Crippen LogP contribution in [0.2, 0.25) is 0 Å². The van der Waals surface area contributed by atoms with Gasteiger partial charge in [0.2, 0.25) is 10.0 Å². The van der Waals surface area contributed by atoms with Crippen LogP contribution in [-0.2, 0) is 10.0 Å². The van der Waals surface area contributed by atoms with Gasteiger partial charge in [-0.05, 0) is 43.0 Å². The molecule has 1 fully saturated rings. The number of hydrogen-bond acceptors (Lipinski definition) is 4. The minimum Gasteiger partial charge on any atom is -0.326 e. The van der Waals surface area contributed by atoms with Crippen molar-refractivity contribution in [2.24, 2.45) is 11.7 Å². The smallest absolute Gasteiger partial charge is 0.243 e. The fourth-order valence-electron chi connectivity index (χ4n) is 2.43. The molecule has 2 rings (SSSR count). The molecule has 0 amide bonds. The van der Waals surface area contributed by atoms with Gasteiger partial charge in [0.15, 0.2) is 0 Å². The Kier molecular flexibility index (Phi) is 4.14. The Morgan fingerprint density at radius 2 is 2.15 bits per heavy atom. The zero-order valence-electron chi connectivity index (χ0n) is 11.7. The number of rotatable bonds is 2. The molecule has 1 aliphatic heterocycles. The third-order valence-electron chi connectivity index (χ3n) is 3.90. The highest BCUT2D eigenvalue weighted by Crippen LogP contribution is 2.25. The van der Waals surface area contributed by atoms with Gasteiger partial charge in [-0.25, -0.2) is 8.42 Å². The van der Waals surface area contributed by atoms with Crippen molar-refractivity contribution in [1.82, 2.24) is 4.31 Å². The summed E-state index contributed by atoms with van der Waals surface area (Å²) in [5, 5.41) is 8.84. The van der Waals surface area contributed by atoms with Crippen molar-refractivity contribution in [2.45, 2.75) is 31.2 Å². The quantitative estimate of drug-likeness (QED) is 0.888. The second-order valence-corrected chi connectivity index (χ2v) is 7.29. The first-order valence-corrected chi connectivity index (χ1v) is 8.06. The van der Waals surface area contributed by atoms with Crippen molar-refractivity contribution in [1.29, 1.82) is 5.26 Å². The van der Waals surface area contributed by atoms with Gasteiger partial charge in [0, 0.05) is 19.1 Å². The molecule has 0 aromatic heterocycles. The van der Waals surface area contributed by atoms with Gasteiger partial charge in [-0.15, -0.1) is 0 Å². The number of nitriles is 1. The molecule has 1 heterocycles. The van der Waals surface area contributed by atoms with Crippen LogP contribution in [0, 0.1) is 24.2 Å². The molecule has 5 nitrogen and oxygen atoms in total. The molecule has 1 aliphatic rings. The topological polar surface area (TPSA) is 87.2 Å². The SMILES string of the molecule is Cc1cc(C#N)ccc1S(=O)(=O)N1CCC(C)C(N)C1. The second kappa shape index (κ2) is 5.52. The Labute approximate surface area is 120 Å². The Balaban J connectivity index is 2.34. The van der Waals surface area contributed by atoms with Crippen LogP contribution in [0.1, 0.15) is 24.5 Å². The van der Waals surface area contributed by atoms with E-state index >= 15 is 0 Å². The van der Waals surface area contributed by atoms with Crippen molar-refractivity contribution >= 4 is 10.0 Å². The molecule has 1 aromatic rings. The molecule has 2 N–H and O–H groups in total. The van der Waals surface area contributed by atoms with E-state index in [-0.39, 0.29) is 10.9 Å². The Bertz CT molecular complexity index is 649. The highest BCUT2D eigenvalue weighted by molar-refractivity contribution is 7.89. The van der Waals surface area contributed by atoms with Crippen molar-refractivity contribution < 1.29 is 8.42 Å². The number of sulfonamides is 1. The van der Waals surface area contributed by atoms with Gasteiger partial charge in [-0.1, -0.05) is 6.92 Å². The van der Waals surface area contributed by atoms with Gasteiger partial charge in [0.05, 0.1) is 16.5 Å². The molecule has 0 radical (unpaired) electrons. The lowest BCUT2D eigenvalue weighted by atomic mass is 9.96. The van der Waals surface area contributed by atoms with Gasteiger partial charge in [-0.2, -0.15) is 9.57 Å². The third kappa shape index (κ3) is 2.70. The van der Waals surface area contributed by atoms with Crippen molar-refractivity contribution in [2.75, 3.05) is 13.1 Å². The fraction of sp³-hybridized carbons (Fsp3) is 0.500. The zero-order valence-corrected chi connectivity index (χ0v) is 12.5. The minimum atomic E-state index is -3.53. The molecule has 108 valence electrons. The Hall–Kier alpha value is -1.42. The number of nitrogens with two attached hydrogens (primary N) is 1. The predicted molar refractivity (Wildman–Crippen MR) is 76.4 cm³/mol. The lowest BCUT2D eigenvalue weighted by molar-refractivity contribution is 0.253. The molecule has 0 bridgehead atoms. The summed E-state index contributed by atoms with van der Waals surface area (Å²) < 4.78 is 26.7. The Morgan fingerprint density at radius 3 is 2.70 bits per heavy atom. The number of piperidine rings is 1. The maximum absolute atomic E-state index is 12.6. The minimum absolute atomic E-state index is 0.128.